The van der Waals surface area contributed by atoms with E-state index >= 15 is 0 Å². The van der Waals surface area contributed by atoms with E-state index in [1.54, 1.807) is 6.20 Å². The van der Waals surface area contributed by atoms with Crippen LogP contribution in [0.2, 0.25) is 0 Å². The Balaban J connectivity index is 2.39. The van der Waals surface area contributed by atoms with E-state index in [0.717, 1.165) is 22.4 Å². The van der Waals surface area contributed by atoms with Gasteiger partial charge in [-0.2, -0.15) is 0 Å². The van der Waals surface area contributed by atoms with Gasteiger partial charge in [0, 0.05) is 13.1 Å². The summed E-state index contributed by atoms with van der Waals surface area (Å²) in [5.74, 6) is -0.314. The Morgan fingerprint density at radius 3 is 2.48 bits per heavy atom. The number of benzene rings is 1. The van der Waals surface area contributed by atoms with E-state index in [4.69, 9.17) is 4.74 Å². The van der Waals surface area contributed by atoms with E-state index in [0.29, 0.717) is 0 Å². The van der Waals surface area contributed by atoms with E-state index in [9.17, 15) is 4.79 Å². The minimum Gasteiger partial charge on any atom is -0.451 e. The van der Waals surface area contributed by atoms with Crippen LogP contribution in [-0.4, -0.2) is 11.0 Å². The first-order chi connectivity index (χ1) is 10.1. The van der Waals surface area contributed by atoms with E-state index < -0.39 is 6.10 Å². The molecule has 0 aliphatic carbocycles. The predicted molar refractivity (Wildman–Crippen MR) is 83.6 cm³/mol. The molecule has 0 saturated carbocycles. The van der Waals surface area contributed by atoms with Crippen LogP contribution in [0.25, 0.3) is 6.08 Å². The number of ether oxygens (including phenoxy) is 1. The van der Waals surface area contributed by atoms with Crippen molar-refractivity contribution in [1.29, 1.82) is 0 Å². The molecule has 0 aliphatic rings. The summed E-state index contributed by atoms with van der Waals surface area (Å²) in [5.41, 5.74) is 3.79. The quantitative estimate of drug-likeness (QED) is 0.792. The molecule has 2 rings (SSSR count). The highest BCUT2D eigenvalue weighted by molar-refractivity contribution is 5.67. The summed E-state index contributed by atoms with van der Waals surface area (Å²) in [5, 5.41) is 0. The van der Waals surface area contributed by atoms with Crippen molar-refractivity contribution >= 4 is 12.0 Å². The fourth-order valence-electron chi connectivity index (χ4n) is 2.19. The van der Waals surface area contributed by atoms with Crippen molar-refractivity contribution in [2.24, 2.45) is 0 Å². The summed E-state index contributed by atoms with van der Waals surface area (Å²) in [4.78, 5) is 15.8. The molecule has 1 aromatic carbocycles. The summed E-state index contributed by atoms with van der Waals surface area (Å²) in [6.45, 7) is 5.34. The summed E-state index contributed by atoms with van der Waals surface area (Å²) >= 11 is 0. The van der Waals surface area contributed by atoms with Crippen molar-refractivity contribution < 1.29 is 9.53 Å². The lowest BCUT2D eigenvalue weighted by Crippen LogP contribution is -2.12. The van der Waals surface area contributed by atoms with Crippen molar-refractivity contribution in [1.82, 2.24) is 4.98 Å². The predicted octanol–water partition coefficient (Wildman–Crippen LogP) is 4.10. The van der Waals surface area contributed by atoms with E-state index in [-0.39, 0.29) is 5.97 Å². The van der Waals surface area contributed by atoms with Crippen molar-refractivity contribution in [3.63, 3.8) is 0 Å². The first-order valence-corrected chi connectivity index (χ1v) is 6.90. The molecule has 0 fully saturated rings. The highest BCUT2D eigenvalue weighted by Crippen LogP contribution is 2.28. The monoisotopic (exact) mass is 281 g/mol. The zero-order valence-electron chi connectivity index (χ0n) is 12.5. The van der Waals surface area contributed by atoms with Crippen LogP contribution in [0.4, 0.5) is 0 Å². The second kappa shape index (κ2) is 6.84. The molecule has 1 aromatic heterocycles. The second-order valence-corrected chi connectivity index (χ2v) is 4.99. The van der Waals surface area contributed by atoms with Gasteiger partial charge in [-0.3, -0.25) is 9.78 Å². The maximum Gasteiger partial charge on any atom is 0.303 e. The van der Waals surface area contributed by atoms with Crippen molar-refractivity contribution in [3.8, 4) is 0 Å². The number of carbonyl (C=O) groups excluding carboxylic acids is 1. The lowest BCUT2D eigenvalue weighted by atomic mass is 10.0. The van der Waals surface area contributed by atoms with Gasteiger partial charge < -0.3 is 4.74 Å². The van der Waals surface area contributed by atoms with Gasteiger partial charge in [-0.05, 0) is 36.6 Å². The smallest absolute Gasteiger partial charge is 0.303 e. The Morgan fingerprint density at radius 1 is 1.14 bits per heavy atom. The molecule has 3 heteroatoms. The summed E-state index contributed by atoms with van der Waals surface area (Å²) in [7, 11) is 0. The normalized spacial score (nSPS) is 12.8. The molecular formula is C18H19NO2. The van der Waals surface area contributed by atoms with Gasteiger partial charge in [0.1, 0.15) is 0 Å². The summed E-state index contributed by atoms with van der Waals surface area (Å²) in [6.07, 6.45) is 3.28. The number of rotatable bonds is 4. The van der Waals surface area contributed by atoms with Crippen molar-refractivity contribution in [2.45, 2.75) is 26.9 Å². The van der Waals surface area contributed by atoms with Gasteiger partial charge in [-0.25, -0.2) is 0 Å². The maximum absolute atomic E-state index is 11.4. The van der Waals surface area contributed by atoms with Gasteiger partial charge in [0.05, 0.1) is 5.69 Å². The Labute approximate surface area is 125 Å². The van der Waals surface area contributed by atoms with Crippen LogP contribution < -0.4 is 0 Å². The van der Waals surface area contributed by atoms with Gasteiger partial charge in [-0.15, -0.1) is 0 Å². The lowest BCUT2D eigenvalue weighted by molar-refractivity contribution is -0.145. The van der Waals surface area contributed by atoms with Gasteiger partial charge in [0.15, 0.2) is 6.10 Å². The van der Waals surface area contributed by atoms with E-state index in [2.05, 4.69) is 4.98 Å². The largest absolute Gasteiger partial charge is 0.451 e. The van der Waals surface area contributed by atoms with Crippen molar-refractivity contribution in [2.75, 3.05) is 0 Å². The molecule has 108 valence electrons. The van der Waals surface area contributed by atoms with Gasteiger partial charge in [-0.1, -0.05) is 42.5 Å². The number of hydrogen-bond donors (Lipinski definition) is 0. The van der Waals surface area contributed by atoms with E-state index in [1.165, 1.54) is 6.92 Å². The molecule has 1 unspecified atom stereocenters. The number of aromatic nitrogens is 1. The van der Waals surface area contributed by atoms with Crippen LogP contribution in [0.5, 0.6) is 0 Å². The second-order valence-electron chi connectivity index (χ2n) is 4.99. The molecule has 0 spiro atoms. The Morgan fingerprint density at radius 2 is 1.86 bits per heavy atom. The van der Waals surface area contributed by atoms with Crippen LogP contribution >= 0.6 is 0 Å². The topological polar surface area (TPSA) is 39.2 Å². The van der Waals surface area contributed by atoms with Gasteiger partial charge in [0.25, 0.3) is 0 Å². The molecule has 1 heterocycles. The molecule has 2 aromatic rings. The first kappa shape index (κ1) is 15.0. The number of pyridine rings is 1. The minimum absolute atomic E-state index is 0.314. The Hall–Kier alpha value is -2.42. The summed E-state index contributed by atoms with van der Waals surface area (Å²) in [6, 6.07) is 13.8. The van der Waals surface area contributed by atoms with E-state index in [1.807, 2.05) is 62.4 Å². The van der Waals surface area contributed by atoms with Gasteiger partial charge in [0.2, 0.25) is 0 Å². The molecule has 0 N–H and O–H groups in total. The highest BCUT2D eigenvalue weighted by atomic mass is 16.5. The standard InChI is InChI=1S/C18H19NO2/c1-13-8-7-11-19-17(13)18(21-15(3)20)14(2)12-16-9-5-4-6-10-16/h4-12,18H,1-3H3/b14-12+. The third kappa shape index (κ3) is 4.02. The van der Waals surface area contributed by atoms with Crippen LogP contribution in [0.15, 0.2) is 54.2 Å². The lowest BCUT2D eigenvalue weighted by Gasteiger charge is -2.19. The Bertz CT molecular complexity index is 647. The molecular weight excluding hydrogens is 262 g/mol. The fraction of sp³-hybridized carbons (Fsp3) is 0.222. The average molecular weight is 281 g/mol. The van der Waals surface area contributed by atoms with Crippen LogP contribution in [0, 0.1) is 6.92 Å². The molecule has 1 atom stereocenters. The SMILES string of the molecule is CC(=O)OC(/C(C)=C/c1ccccc1)c1ncccc1C. The fourth-order valence-corrected chi connectivity index (χ4v) is 2.19. The number of nitrogens with zero attached hydrogens (tertiary/aromatic N) is 1. The number of hydrogen-bond acceptors (Lipinski definition) is 3. The zero-order chi connectivity index (χ0) is 15.2. The van der Waals surface area contributed by atoms with Crippen molar-refractivity contribution in [3.05, 3.63) is 71.1 Å². The molecule has 0 saturated heterocycles. The number of aryl methyl sites for hydroxylation is 1. The van der Waals surface area contributed by atoms with Crippen LogP contribution in [-0.2, 0) is 9.53 Å². The average Bonchev–Trinajstić information content (AvgIpc) is 2.46. The molecule has 21 heavy (non-hydrogen) atoms. The maximum atomic E-state index is 11.4. The number of esters is 1. The van der Waals surface area contributed by atoms with Crippen LogP contribution in [0.1, 0.15) is 36.8 Å². The summed E-state index contributed by atoms with van der Waals surface area (Å²) < 4.78 is 5.48. The molecule has 3 nitrogen and oxygen atoms in total. The molecule has 0 radical (unpaired) electrons. The molecule has 0 amide bonds. The Kier molecular flexibility index (Phi) is 4.88. The molecule has 0 bridgehead atoms. The van der Waals surface area contributed by atoms with Gasteiger partial charge >= 0.3 is 5.97 Å². The molecule has 0 aliphatic heterocycles. The van der Waals surface area contributed by atoms with Crippen LogP contribution in [0.3, 0.4) is 0 Å². The minimum atomic E-state index is -0.455. The highest BCUT2D eigenvalue weighted by Gasteiger charge is 2.20. The third-order valence-corrected chi connectivity index (χ3v) is 3.19. The first-order valence-electron chi connectivity index (χ1n) is 6.90. The zero-order valence-corrected chi connectivity index (χ0v) is 12.5. The number of carbonyl (C=O) groups is 1. The third-order valence-electron chi connectivity index (χ3n) is 3.19.